The van der Waals surface area contributed by atoms with Crippen LogP contribution in [0.4, 0.5) is 0 Å². The minimum absolute atomic E-state index is 0. The van der Waals surface area contributed by atoms with E-state index in [1.807, 2.05) is 0 Å². The Hall–Kier alpha value is 1.40. The topological polar surface area (TPSA) is 0 Å². The third-order valence-electron chi connectivity index (χ3n) is 36.5. The van der Waals surface area contributed by atoms with Gasteiger partial charge in [-0.3, -0.25) is 0 Å². The fraction of sp³-hybridized carbons (Fsp3) is 0.733. The first kappa shape index (κ1) is 151. The van der Waals surface area contributed by atoms with Gasteiger partial charge in [-0.25, -0.2) is 0 Å². The Morgan fingerprint density at radius 1 is 0.185 bits per heavy atom. The van der Waals surface area contributed by atoms with E-state index < -0.39 is 0 Å². The van der Waals surface area contributed by atoms with E-state index in [-0.39, 0.29) is 222 Å². The van der Waals surface area contributed by atoms with Gasteiger partial charge in [0.2, 0.25) is 0 Å². The molecule has 12 unspecified atom stereocenters. The monoisotopic (exact) mass is 2390 g/mol. The average molecular weight is 2380 g/mol. The molecule has 0 aromatic carbocycles. The van der Waals surface area contributed by atoms with Gasteiger partial charge in [-0.05, 0) is 375 Å². The Morgan fingerprint density at radius 2 is 0.347 bits per heavy atom. The van der Waals surface area contributed by atoms with Crippen molar-refractivity contribution in [1.29, 1.82) is 0 Å². The Balaban J connectivity index is -0.000000114. The molecule has 0 radical (unpaired) electrons. The molecule has 124 heavy (non-hydrogen) atoms. The van der Waals surface area contributed by atoms with E-state index in [0.29, 0.717) is 0 Å². The Labute approximate surface area is 867 Å². The second kappa shape index (κ2) is 72.7. The van der Waals surface area contributed by atoms with Crippen LogP contribution in [0.15, 0.2) is 93.2 Å². The zero-order chi connectivity index (χ0) is 75.4. The van der Waals surface area contributed by atoms with Crippen LogP contribution in [-0.2, 0) is 103 Å². The maximum absolute atomic E-state index is 2.70. The van der Waals surface area contributed by atoms with E-state index in [9.17, 15) is 0 Å². The molecule has 720 valence electrons. The van der Waals surface area contributed by atoms with E-state index in [1.165, 1.54) is 205 Å². The molecule has 4 heteroatoms. The van der Waals surface area contributed by atoms with Gasteiger partial charge in [0.25, 0.3) is 0 Å². The SMILES string of the molecule is CC1C(C)C(C)C(C)C1C.CC1C(C)C(C)C(C)C1C.CC1C(C)C(C)C(C)C1C.CC1C(C)C(C)C(C)C1C.CCC1CCC2C=C3CCCC3=CC21.CCCC1CCC2C=C3CCCC3=CC21.CCCCCC1CCC2C=C3CCCC3=CC21.CCCCCCC1CCC2C=C3CCCC3=CC21.[CH3-].[CH3-].[CH3-].[CH3-].[CH3-].[CH3-].[CH3-].[CH3-].[CH3-].[CH3-].[CH3-].[CH3-].[CH3-].[CH3-].[CH3-].[CH3-].[Hf+4].[Hf+4].[Hf+4].[Hf+4]. The van der Waals surface area contributed by atoms with Crippen LogP contribution in [-0.4, -0.2) is 0 Å². The van der Waals surface area contributed by atoms with Crippen molar-refractivity contribution in [3.05, 3.63) is 212 Å². The van der Waals surface area contributed by atoms with E-state index in [4.69, 9.17) is 0 Å². The van der Waals surface area contributed by atoms with Crippen LogP contribution in [0.25, 0.3) is 0 Å². The standard InChI is InChI=1S/C18H28.C17H26.C15H22.C14H20.4C10H20.16CH3.4Hf/c1-2-3-4-5-7-14-10-11-17-12-15-8-6-9-16(15)13-18(14)17;1-2-3-4-6-13-9-10-16-11-14-7-5-8-15(14)12-17(13)16;1-2-4-11-7-8-14-9-12-5-3-6-13(12)10-15(11)14;1-2-10-6-7-13-8-11-4-3-5-12(11)9-14(10)13;4*1-6-7(2)9(4)10(5)8(6)3;;;;;;;;;;;;;;;;;;;;/h12-14,17-18H,2-11H2,1H3;11-13,16-17H,2-10H2,1H3;9-11,14-15H,2-8H2,1H3;8-10,13-14H,2-7H2,1H3;4*6-10H,1-5H3;16*1H3;;;;/q;;;;;;;;16*-1;4*+4. The molecule has 0 nitrogen and oxygen atoms in total. The van der Waals surface area contributed by atoms with Crippen molar-refractivity contribution in [2.45, 2.75) is 372 Å². The van der Waals surface area contributed by atoms with Crippen LogP contribution in [0.1, 0.15) is 372 Å². The van der Waals surface area contributed by atoms with Gasteiger partial charge in [0.15, 0.2) is 0 Å². The summed E-state index contributed by atoms with van der Waals surface area (Å²) in [6.45, 7) is 57.3. The molecule has 12 fully saturated rings. The van der Waals surface area contributed by atoms with Crippen molar-refractivity contribution in [3.8, 4) is 0 Å². The molecule has 0 spiro atoms. The first-order chi connectivity index (χ1) is 49.7. The van der Waals surface area contributed by atoms with Gasteiger partial charge in [-0.2, -0.15) is 0 Å². The molecule has 0 saturated heterocycles. The van der Waals surface area contributed by atoms with Gasteiger partial charge in [-0.1, -0.05) is 279 Å². The summed E-state index contributed by atoms with van der Waals surface area (Å²) < 4.78 is 0. The third kappa shape index (κ3) is 37.7. The summed E-state index contributed by atoms with van der Waals surface area (Å²) in [5, 5.41) is 0. The fourth-order valence-electron chi connectivity index (χ4n) is 26.0. The van der Waals surface area contributed by atoms with E-state index in [0.717, 1.165) is 189 Å². The van der Waals surface area contributed by atoms with Crippen LogP contribution in [0.3, 0.4) is 0 Å². The van der Waals surface area contributed by atoms with Gasteiger partial charge >= 0.3 is 103 Å². The minimum atomic E-state index is 0. The summed E-state index contributed by atoms with van der Waals surface area (Å²) in [4.78, 5) is 0. The molecule has 16 aliphatic rings. The quantitative estimate of drug-likeness (QED) is 0.104. The molecule has 0 bridgehead atoms. The number of allylic oxidation sites excluding steroid dienone is 16. The molecule has 16 aliphatic carbocycles. The fourth-order valence-corrected chi connectivity index (χ4v) is 26.0. The van der Waals surface area contributed by atoms with Gasteiger partial charge < -0.3 is 119 Å². The van der Waals surface area contributed by atoms with Crippen LogP contribution in [0.2, 0.25) is 0 Å². The van der Waals surface area contributed by atoms with Crippen LogP contribution in [0, 0.1) is 308 Å². The number of unbranched alkanes of at least 4 members (excludes halogenated alkanes) is 5. The van der Waals surface area contributed by atoms with Crippen molar-refractivity contribution in [2.24, 2.45) is 189 Å². The molecule has 0 heterocycles. The largest absolute Gasteiger partial charge is 4.00 e. The summed E-state index contributed by atoms with van der Waals surface area (Å²) in [7, 11) is 0. The first-order valence-electron chi connectivity index (χ1n) is 47.4. The molecule has 0 aromatic heterocycles. The average Bonchev–Trinajstić information content (AvgIpc) is 1.65. The van der Waals surface area contributed by atoms with Crippen molar-refractivity contribution in [3.63, 3.8) is 0 Å². The predicted octanol–water partition coefficient (Wildman–Crippen LogP) is 39.4. The van der Waals surface area contributed by atoms with Crippen LogP contribution >= 0.6 is 0 Å². The van der Waals surface area contributed by atoms with Gasteiger partial charge in [0, 0.05) is 0 Å². The van der Waals surface area contributed by atoms with Gasteiger partial charge in [0.05, 0.1) is 0 Å². The molecule has 0 amide bonds. The smallest absolute Gasteiger partial charge is 0.358 e. The van der Waals surface area contributed by atoms with Crippen molar-refractivity contribution in [1.82, 2.24) is 0 Å². The maximum Gasteiger partial charge on any atom is 4.00 e. The molecule has 0 N–H and O–H groups in total. The molecule has 0 aromatic rings. The van der Waals surface area contributed by atoms with E-state index in [1.54, 1.807) is 44.6 Å². The maximum atomic E-state index is 2.70. The van der Waals surface area contributed by atoms with E-state index >= 15 is 0 Å². The van der Waals surface area contributed by atoms with E-state index in [2.05, 4.69) is 215 Å². The summed E-state index contributed by atoms with van der Waals surface area (Å²) in [6, 6.07) is 0. The number of hydrogen-bond acceptors (Lipinski definition) is 0. The summed E-state index contributed by atoms with van der Waals surface area (Å²) in [6.07, 6.45) is 66.9. The molecule has 0 aliphatic heterocycles. The second-order valence-corrected chi connectivity index (χ2v) is 41.0. The van der Waals surface area contributed by atoms with Gasteiger partial charge in [-0.15, -0.1) is 0 Å². The Kier molecular flexibility index (Phi) is 88.5. The van der Waals surface area contributed by atoms with Crippen molar-refractivity contribution < 1.29 is 103 Å². The molecular formula is C120H224Hf4. The second-order valence-electron chi connectivity index (χ2n) is 41.0. The predicted molar refractivity (Wildman–Crippen MR) is 563 cm³/mol. The molecule has 12 atom stereocenters. The minimum Gasteiger partial charge on any atom is -0.358 e. The van der Waals surface area contributed by atoms with Crippen molar-refractivity contribution in [2.75, 3.05) is 0 Å². The molecule has 12 saturated carbocycles. The molecule has 16 rings (SSSR count). The van der Waals surface area contributed by atoms with Gasteiger partial charge in [0.1, 0.15) is 0 Å². The summed E-state index contributed by atoms with van der Waals surface area (Å²) in [5.74, 6) is 30.1. The zero-order valence-corrected chi connectivity index (χ0v) is 106. The Morgan fingerprint density at radius 3 is 0.532 bits per heavy atom. The summed E-state index contributed by atoms with van der Waals surface area (Å²) >= 11 is 0. The number of rotatable bonds is 12. The molecular weight excluding hydrogens is 2160 g/mol. The van der Waals surface area contributed by atoms with Crippen molar-refractivity contribution >= 4 is 0 Å². The van der Waals surface area contributed by atoms with Crippen LogP contribution in [0.5, 0.6) is 0 Å². The zero-order valence-electron chi connectivity index (χ0n) is 91.7. The van der Waals surface area contributed by atoms with Crippen LogP contribution < -0.4 is 0 Å². The third-order valence-corrected chi connectivity index (χ3v) is 36.5. The normalized spacial score (nSPS) is 36.8. The Bertz CT molecular complexity index is 2590. The number of fused-ring (bicyclic) bond motifs is 8. The number of hydrogen-bond donors (Lipinski definition) is 0. The summed E-state index contributed by atoms with van der Waals surface area (Å²) in [5.41, 5.74) is 13.8. The first-order valence-corrected chi connectivity index (χ1v) is 47.4.